The number of likely N-dealkylation sites (N-methyl/N-ethyl adjacent to an activating group) is 2. The second-order valence-corrected chi connectivity index (χ2v) is 9.31. The van der Waals surface area contributed by atoms with Crippen LogP contribution in [-0.4, -0.2) is 53.5 Å². The predicted molar refractivity (Wildman–Crippen MR) is 115 cm³/mol. The summed E-state index contributed by atoms with van der Waals surface area (Å²) in [6.07, 6.45) is 7.59. The number of nitrogens with zero attached hydrogens (tertiary/aromatic N) is 2. The first-order chi connectivity index (χ1) is 13.3. The zero-order chi connectivity index (χ0) is 20.5. The maximum Gasteiger partial charge on any atom is 0.225 e. The molecule has 0 radical (unpaired) electrons. The number of aryl methyl sites for hydroxylation is 1. The maximum absolute atomic E-state index is 13.4. The van der Waals surface area contributed by atoms with E-state index in [1.165, 1.54) is 30.4 Å². The molecule has 156 valence electrons. The van der Waals surface area contributed by atoms with Crippen LogP contribution in [0.3, 0.4) is 0 Å². The van der Waals surface area contributed by atoms with Gasteiger partial charge in [-0.25, -0.2) is 0 Å². The number of aromatic hydroxyl groups is 1. The molecule has 1 N–H and O–H groups in total. The molecule has 3 rings (SSSR count). The number of amides is 1. The second-order valence-electron chi connectivity index (χ2n) is 9.31. The van der Waals surface area contributed by atoms with Crippen molar-refractivity contribution in [3.63, 3.8) is 0 Å². The average Bonchev–Trinajstić information content (AvgIpc) is 2.71. The number of phenolic OH excluding ortho intramolecular Hbond substituents is 1. The Balaban J connectivity index is 2.01. The fraction of sp³-hybridized carbons (Fsp3) is 0.708. The number of phenols is 1. The van der Waals surface area contributed by atoms with Crippen LogP contribution in [0, 0.1) is 5.92 Å². The topological polar surface area (TPSA) is 43.8 Å². The number of rotatable bonds is 4. The van der Waals surface area contributed by atoms with Crippen molar-refractivity contribution in [2.75, 3.05) is 20.6 Å². The van der Waals surface area contributed by atoms with Crippen molar-refractivity contribution >= 4 is 5.91 Å². The summed E-state index contributed by atoms with van der Waals surface area (Å²) in [7, 11) is 4.18. The van der Waals surface area contributed by atoms with Crippen LogP contribution in [0.25, 0.3) is 0 Å². The molecule has 0 aromatic heterocycles. The molecule has 1 saturated carbocycles. The summed E-state index contributed by atoms with van der Waals surface area (Å²) in [6.45, 7) is 7.73. The molecule has 2 aliphatic rings. The molecule has 0 bridgehead atoms. The molecule has 4 heteroatoms. The van der Waals surface area contributed by atoms with E-state index in [1.807, 2.05) is 13.1 Å². The van der Waals surface area contributed by atoms with E-state index < -0.39 is 0 Å². The molecule has 1 heterocycles. The molecular formula is C24H38N2O2. The smallest absolute Gasteiger partial charge is 0.225 e. The van der Waals surface area contributed by atoms with Gasteiger partial charge in [0.15, 0.2) is 0 Å². The summed E-state index contributed by atoms with van der Waals surface area (Å²) in [5.41, 5.74) is 2.32. The van der Waals surface area contributed by atoms with Crippen LogP contribution in [0.2, 0.25) is 0 Å². The Morgan fingerprint density at radius 2 is 1.96 bits per heavy atom. The van der Waals surface area contributed by atoms with Gasteiger partial charge >= 0.3 is 0 Å². The van der Waals surface area contributed by atoms with E-state index in [2.05, 4.69) is 43.7 Å². The Morgan fingerprint density at radius 3 is 2.61 bits per heavy atom. The first kappa shape index (κ1) is 21.2. The number of benzene rings is 1. The van der Waals surface area contributed by atoms with Crippen molar-refractivity contribution in [3.8, 4) is 5.75 Å². The Bertz CT molecular complexity index is 698. The standard InChI is InChI=1S/C24H38N2O2/c1-6-18-12-13-20(27)16-21(18)24(3)14-15-25(4)17(2)22(24)26(5)23(28)19-10-8-7-9-11-19/h12-13,16-17,19,22,27H,6-11,14-15H2,1-5H3/t17-,22-,24-/m1/s1. The van der Waals surface area contributed by atoms with Crippen molar-refractivity contribution in [1.29, 1.82) is 0 Å². The van der Waals surface area contributed by atoms with E-state index in [9.17, 15) is 9.90 Å². The monoisotopic (exact) mass is 386 g/mol. The van der Waals surface area contributed by atoms with Gasteiger partial charge in [0, 0.05) is 24.4 Å². The van der Waals surface area contributed by atoms with Crippen molar-refractivity contribution in [1.82, 2.24) is 9.80 Å². The molecule has 4 nitrogen and oxygen atoms in total. The van der Waals surface area contributed by atoms with E-state index in [-0.39, 0.29) is 23.4 Å². The Labute approximate surface area is 170 Å². The highest BCUT2D eigenvalue weighted by Gasteiger charge is 2.48. The summed E-state index contributed by atoms with van der Waals surface area (Å²) < 4.78 is 0. The van der Waals surface area contributed by atoms with Crippen LogP contribution < -0.4 is 0 Å². The highest BCUT2D eigenvalue weighted by atomic mass is 16.3. The van der Waals surface area contributed by atoms with E-state index in [0.717, 1.165) is 32.2 Å². The van der Waals surface area contributed by atoms with Crippen LogP contribution in [0.15, 0.2) is 18.2 Å². The largest absolute Gasteiger partial charge is 0.508 e. The minimum Gasteiger partial charge on any atom is -0.508 e. The molecule has 2 fully saturated rings. The van der Waals surface area contributed by atoms with Gasteiger partial charge < -0.3 is 14.9 Å². The number of piperidine rings is 1. The Morgan fingerprint density at radius 1 is 1.29 bits per heavy atom. The third-order valence-electron chi connectivity index (χ3n) is 7.60. The summed E-state index contributed by atoms with van der Waals surface area (Å²) in [5, 5.41) is 10.2. The molecule has 1 aromatic rings. The lowest BCUT2D eigenvalue weighted by Gasteiger charge is -2.54. The van der Waals surface area contributed by atoms with Crippen LogP contribution in [-0.2, 0) is 16.6 Å². The highest BCUT2D eigenvalue weighted by molar-refractivity contribution is 5.79. The van der Waals surface area contributed by atoms with Gasteiger partial charge in [0.05, 0.1) is 6.04 Å². The Kier molecular flexibility index (Phi) is 6.38. The molecule has 1 aliphatic heterocycles. The summed E-state index contributed by atoms with van der Waals surface area (Å²) in [5.74, 6) is 0.813. The molecule has 1 amide bonds. The molecule has 0 unspecified atom stereocenters. The molecule has 3 atom stereocenters. The minimum absolute atomic E-state index is 0.0905. The van der Waals surface area contributed by atoms with Crippen LogP contribution in [0.5, 0.6) is 5.75 Å². The van der Waals surface area contributed by atoms with Crippen molar-refractivity contribution in [2.24, 2.45) is 5.92 Å². The third kappa shape index (κ3) is 3.80. The number of carbonyl (C=O) groups is 1. The predicted octanol–water partition coefficient (Wildman–Crippen LogP) is 4.34. The number of likely N-dealkylation sites (tertiary alicyclic amines) is 1. The van der Waals surface area contributed by atoms with E-state index in [4.69, 9.17) is 0 Å². The third-order valence-corrected chi connectivity index (χ3v) is 7.60. The van der Waals surface area contributed by atoms with E-state index in [1.54, 1.807) is 6.07 Å². The molecule has 1 aromatic carbocycles. The molecule has 1 aliphatic carbocycles. The lowest BCUT2D eigenvalue weighted by atomic mass is 9.66. The maximum atomic E-state index is 13.4. The number of hydrogen-bond donors (Lipinski definition) is 1. The average molecular weight is 387 g/mol. The van der Waals surface area contributed by atoms with Crippen molar-refractivity contribution in [3.05, 3.63) is 29.3 Å². The number of carbonyl (C=O) groups excluding carboxylic acids is 1. The van der Waals surface area contributed by atoms with Gasteiger partial charge in [-0.05, 0) is 69.5 Å². The first-order valence-electron chi connectivity index (χ1n) is 11.1. The van der Waals surface area contributed by atoms with Crippen LogP contribution in [0.1, 0.15) is 70.4 Å². The van der Waals surface area contributed by atoms with Gasteiger partial charge in [-0.1, -0.05) is 39.2 Å². The lowest BCUT2D eigenvalue weighted by molar-refractivity contribution is -0.142. The highest BCUT2D eigenvalue weighted by Crippen LogP contribution is 2.43. The van der Waals surface area contributed by atoms with Crippen LogP contribution >= 0.6 is 0 Å². The van der Waals surface area contributed by atoms with E-state index >= 15 is 0 Å². The lowest BCUT2D eigenvalue weighted by Crippen LogP contribution is -2.64. The Hall–Kier alpha value is -1.55. The van der Waals surface area contributed by atoms with Gasteiger partial charge in [-0.2, -0.15) is 0 Å². The first-order valence-corrected chi connectivity index (χ1v) is 11.1. The van der Waals surface area contributed by atoms with Crippen molar-refractivity contribution < 1.29 is 9.90 Å². The minimum atomic E-state index is -0.172. The van der Waals surface area contributed by atoms with Gasteiger partial charge in [-0.15, -0.1) is 0 Å². The van der Waals surface area contributed by atoms with Gasteiger partial charge in [0.2, 0.25) is 5.91 Å². The van der Waals surface area contributed by atoms with Crippen molar-refractivity contribution in [2.45, 2.75) is 83.2 Å². The zero-order valence-corrected chi connectivity index (χ0v) is 18.4. The summed E-state index contributed by atoms with van der Waals surface area (Å²) in [6, 6.07) is 6.15. The summed E-state index contributed by atoms with van der Waals surface area (Å²) in [4.78, 5) is 17.9. The second kappa shape index (κ2) is 8.44. The van der Waals surface area contributed by atoms with E-state index in [0.29, 0.717) is 11.7 Å². The zero-order valence-electron chi connectivity index (χ0n) is 18.4. The van der Waals surface area contributed by atoms with Gasteiger partial charge in [0.25, 0.3) is 0 Å². The fourth-order valence-electron chi connectivity index (χ4n) is 5.76. The molecular weight excluding hydrogens is 348 g/mol. The normalized spacial score (nSPS) is 29.6. The summed E-state index contributed by atoms with van der Waals surface area (Å²) >= 11 is 0. The molecule has 1 saturated heterocycles. The van der Waals surface area contributed by atoms with Gasteiger partial charge in [0.1, 0.15) is 5.75 Å². The van der Waals surface area contributed by atoms with Crippen LogP contribution in [0.4, 0.5) is 0 Å². The fourth-order valence-corrected chi connectivity index (χ4v) is 5.76. The van der Waals surface area contributed by atoms with Gasteiger partial charge in [-0.3, -0.25) is 4.79 Å². The molecule has 0 spiro atoms. The number of hydrogen-bond acceptors (Lipinski definition) is 3. The molecule has 28 heavy (non-hydrogen) atoms. The SMILES string of the molecule is CCc1ccc(O)cc1[C@@]1(C)CCN(C)[C@H](C)[C@H]1N(C)C(=O)C1CCCCC1. The quantitative estimate of drug-likeness (QED) is 0.837.